The predicted molar refractivity (Wildman–Crippen MR) is 56.3 cm³/mol. The number of anilines is 1. The van der Waals surface area contributed by atoms with Gasteiger partial charge in [-0.3, -0.25) is 0 Å². The van der Waals surface area contributed by atoms with Crippen LogP contribution < -0.4 is 5.32 Å². The lowest BCUT2D eigenvalue weighted by atomic mass is 10.2. The van der Waals surface area contributed by atoms with E-state index in [0.717, 1.165) is 12.2 Å². The molecule has 1 rings (SSSR count). The Balaban J connectivity index is 2.07. The molecule has 13 heavy (non-hydrogen) atoms. The topological polar surface area (TPSA) is 24.9 Å². The van der Waals surface area contributed by atoms with Gasteiger partial charge in [0.2, 0.25) is 0 Å². The first-order valence-electron chi connectivity index (χ1n) is 4.92. The zero-order valence-electron chi connectivity index (χ0n) is 8.16. The molecule has 1 aromatic rings. The zero-order chi connectivity index (χ0) is 9.36. The summed E-state index contributed by atoms with van der Waals surface area (Å²) in [5.74, 6) is 0.930. The van der Waals surface area contributed by atoms with Gasteiger partial charge < -0.3 is 5.32 Å². The summed E-state index contributed by atoms with van der Waals surface area (Å²) in [4.78, 5) is 4.15. The average Bonchev–Trinajstić information content (AvgIpc) is 2.19. The molecule has 1 aromatic heterocycles. The third-order valence-corrected chi connectivity index (χ3v) is 1.87. The van der Waals surface area contributed by atoms with Crippen LogP contribution in [0.1, 0.15) is 32.6 Å². The van der Waals surface area contributed by atoms with Crippen LogP contribution in [0.3, 0.4) is 0 Å². The summed E-state index contributed by atoms with van der Waals surface area (Å²) in [5, 5.41) is 3.17. The maximum Gasteiger partial charge on any atom is 0.126 e. The molecule has 2 nitrogen and oxygen atoms in total. The van der Waals surface area contributed by atoms with Crippen LogP contribution >= 0.6 is 0 Å². The van der Waals surface area contributed by atoms with Crippen molar-refractivity contribution in [3.63, 3.8) is 0 Å². The molecule has 1 radical (unpaired) electrons. The molecular weight excluding hydrogens is 160 g/mol. The van der Waals surface area contributed by atoms with Crippen molar-refractivity contribution in [3.8, 4) is 0 Å². The molecule has 2 heteroatoms. The summed E-state index contributed by atoms with van der Waals surface area (Å²) in [5.41, 5.74) is 0. The molecule has 0 saturated heterocycles. The molecular formula is C11H17N2. The van der Waals surface area contributed by atoms with Gasteiger partial charge in [0.15, 0.2) is 0 Å². The van der Waals surface area contributed by atoms with Crippen LogP contribution in [0.4, 0.5) is 5.82 Å². The van der Waals surface area contributed by atoms with Crippen LogP contribution in [0, 0.1) is 6.54 Å². The van der Waals surface area contributed by atoms with E-state index in [0.29, 0.717) is 0 Å². The van der Waals surface area contributed by atoms with E-state index in [1.54, 1.807) is 6.20 Å². The number of unbranched alkanes of at least 4 members (excludes halogenated alkanes) is 3. The molecule has 0 spiro atoms. The van der Waals surface area contributed by atoms with Gasteiger partial charge in [-0.2, -0.15) is 0 Å². The largest absolute Gasteiger partial charge is 0.365 e. The van der Waals surface area contributed by atoms with E-state index in [1.807, 2.05) is 18.2 Å². The molecule has 1 N–H and O–H groups in total. The van der Waals surface area contributed by atoms with E-state index in [-0.39, 0.29) is 0 Å². The Morgan fingerprint density at radius 2 is 2.31 bits per heavy atom. The van der Waals surface area contributed by atoms with Crippen molar-refractivity contribution >= 4 is 5.82 Å². The third-order valence-electron chi connectivity index (χ3n) is 1.87. The Kier molecular flexibility index (Phi) is 4.99. The van der Waals surface area contributed by atoms with Gasteiger partial charge in [0, 0.05) is 12.7 Å². The Bertz CT molecular complexity index is 209. The van der Waals surface area contributed by atoms with Crippen molar-refractivity contribution in [1.82, 2.24) is 4.98 Å². The van der Waals surface area contributed by atoms with Gasteiger partial charge in [0.25, 0.3) is 0 Å². The van der Waals surface area contributed by atoms with Crippen LogP contribution in [0.5, 0.6) is 0 Å². The van der Waals surface area contributed by atoms with Gasteiger partial charge in [-0.1, -0.05) is 32.3 Å². The minimum atomic E-state index is 0.930. The summed E-state index contributed by atoms with van der Waals surface area (Å²) in [6.45, 7) is 4.30. The SMILES string of the molecule is CCCCC[CH]Nc1ccccn1. The molecule has 0 aliphatic heterocycles. The smallest absolute Gasteiger partial charge is 0.126 e. The minimum Gasteiger partial charge on any atom is -0.365 e. The molecule has 0 aliphatic rings. The first-order chi connectivity index (χ1) is 6.43. The molecule has 0 bridgehead atoms. The van der Waals surface area contributed by atoms with E-state index < -0.39 is 0 Å². The van der Waals surface area contributed by atoms with Crippen molar-refractivity contribution < 1.29 is 0 Å². The van der Waals surface area contributed by atoms with E-state index in [9.17, 15) is 0 Å². The van der Waals surface area contributed by atoms with Crippen molar-refractivity contribution in [2.75, 3.05) is 5.32 Å². The Hall–Kier alpha value is -1.05. The van der Waals surface area contributed by atoms with Crippen LogP contribution in [0.2, 0.25) is 0 Å². The summed E-state index contributed by atoms with van der Waals surface area (Å²) >= 11 is 0. The van der Waals surface area contributed by atoms with Gasteiger partial charge in [0.1, 0.15) is 5.82 Å². The Labute approximate surface area is 80.4 Å². The van der Waals surface area contributed by atoms with Gasteiger partial charge in [0.05, 0.1) is 0 Å². The lowest BCUT2D eigenvalue weighted by Gasteiger charge is -2.03. The Morgan fingerprint density at radius 1 is 1.38 bits per heavy atom. The predicted octanol–water partition coefficient (Wildman–Crippen LogP) is 3.24. The molecule has 0 fully saturated rings. The highest BCUT2D eigenvalue weighted by Gasteiger charge is 1.90. The fourth-order valence-electron chi connectivity index (χ4n) is 1.12. The molecule has 0 atom stereocenters. The maximum atomic E-state index is 4.15. The number of hydrogen-bond acceptors (Lipinski definition) is 2. The van der Waals surface area contributed by atoms with Crippen LogP contribution in [0.25, 0.3) is 0 Å². The van der Waals surface area contributed by atoms with Gasteiger partial charge >= 0.3 is 0 Å². The lowest BCUT2D eigenvalue weighted by molar-refractivity contribution is 0.712. The minimum absolute atomic E-state index is 0.930. The molecule has 1 heterocycles. The second-order valence-electron chi connectivity index (χ2n) is 3.06. The second kappa shape index (κ2) is 6.46. The molecule has 0 saturated carbocycles. The van der Waals surface area contributed by atoms with Crippen LogP contribution in [-0.4, -0.2) is 4.98 Å². The zero-order valence-corrected chi connectivity index (χ0v) is 8.16. The molecule has 0 amide bonds. The highest BCUT2D eigenvalue weighted by molar-refractivity contribution is 5.34. The highest BCUT2D eigenvalue weighted by Crippen LogP contribution is 2.05. The number of aromatic nitrogens is 1. The first kappa shape index (κ1) is 10.0. The monoisotopic (exact) mass is 177 g/mol. The molecule has 0 aromatic carbocycles. The fraction of sp³-hybridized carbons (Fsp3) is 0.455. The summed E-state index contributed by atoms with van der Waals surface area (Å²) in [6.07, 6.45) is 6.75. The van der Waals surface area contributed by atoms with E-state index in [1.165, 1.54) is 19.3 Å². The number of rotatable bonds is 6. The summed E-state index contributed by atoms with van der Waals surface area (Å²) < 4.78 is 0. The standard InChI is InChI=1S/C11H17N2/c1-2-3-4-6-9-12-11-8-5-7-10-13-11/h5,7-10H,2-4,6H2,1H3,(H,12,13). The lowest BCUT2D eigenvalue weighted by Crippen LogP contribution is -1.96. The third kappa shape index (κ3) is 4.51. The molecule has 0 unspecified atom stereocenters. The highest BCUT2D eigenvalue weighted by atomic mass is 15.0. The quantitative estimate of drug-likeness (QED) is 0.675. The molecule has 0 aliphatic carbocycles. The van der Waals surface area contributed by atoms with Crippen molar-refractivity contribution in [2.24, 2.45) is 0 Å². The van der Waals surface area contributed by atoms with Crippen molar-refractivity contribution in [2.45, 2.75) is 32.6 Å². The summed E-state index contributed by atoms with van der Waals surface area (Å²) in [6, 6.07) is 5.87. The number of hydrogen-bond donors (Lipinski definition) is 1. The van der Waals surface area contributed by atoms with Crippen LogP contribution in [0.15, 0.2) is 24.4 Å². The van der Waals surface area contributed by atoms with Crippen molar-refractivity contribution in [3.05, 3.63) is 30.9 Å². The van der Waals surface area contributed by atoms with Gasteiger partial charge in [-0.05, 0) is 18.6 Å². The second-order valence-corrected chi connectivity index (χ2v) is 3.06. The number of nitrogens with one attached hydrogen (secondary N) is 1. The normalized spacial score (nSPS) is 9.92. The Morgan fingerprint density at radius 3 is 3.00 bits per heavy atom. The number of pyridine rings is 1. The number of nitrogens with zero attached hydrogens (tertiary/aromatic N) is 1. The van der Waals surface area contributed by atoms with Gasteiger partial charge in [-0.15, -0.1) is 0 Å². The first-order valence-corrected chi connectivity index (χ1v) is 4.92. The van der Waals surface area contributed by atoms with E-state index >= 15 is 0 Å². The fourth-order valence-corrected chi connectivity index (χ4v) is 1.12. The van der Waals surface area contributed by atoms with Gasteiger partial charge in [-0.25, -0.2) is 4.98 Å². The van der Waals surface area contributed by atoms with E-state index in [4.69, 9.17) is 0 Å². The summed E-state index contributed by atoms with van der Waals surface area (Å²) in [7, 11) is 0. The van der Waals surface area contributed by atoms with Crippen LogP contribution in [-0.2, 0) is 0 Å². The van der Waals surface area contributed by atoms with Crippen molar-refractivity contribution in [1.29, 1.82) is 0 Å². The molecule has 71 valence electrons. The average molecular weight is 177 g/mol. The maximum absolute atomic E-state index is 4.15. The van der Waals surface area contributed by atoms with E-state index in [2.05, 4.69) is 23.8 Å².